The van der Waals surface area contributed by atoms with Gasteiger partial charge in [0.2, 0.25) is 10.0 Å². The molecule has 0 spiro atoms. The molecule has 0 aliphatic rings. The summed E-state index contributed by atoms with van der Waals surface area (Å²) in [7, 11) is -3.57. The van der Waals surface area contributed by atoms with Gasteiger partial charge in [-0.3, -0.25) is 4.79 Å². The number of hydrogen-bond donors (Lipinski definition) is 3. The highest BCUT2D eigenvalue weighted by atomic mass is 32.2. The highest BCUT2D eigenvalue weighted by molar-refractivity contribution is 7.90. The molecule has 0 aliphatic carbocycles. The van der Waals surface area contributed by atoms with Gasteiger partial charge in [0.15, 0.2) is 0 Å². The van der Waals surface area contributed by atoms with Crippen molar-refractivity contribution in [3.8, 4) is 0 Å². The first-order chi connectivity index (χ1) is 5.81. The predicted octanol–water partition coefficient (Wildman–Crippen LogP) is -1.27. The molecule has 0 rings (SSSR count). The highest BCUT2D eigenvalue weighted by Gasteiger charge is 2.24. The number of sulfonamides is 1. The van der Waals surface area contributed by atoms with Crippen molar-refractivity contribution in [2.75, 3.05) is 6.54 Å². The molecule has 0 aliphatic heterocycles. The summed E-state index contributed by atoms with van der Waals surface area (Å²) < 4.78 is 24.3. The van der Waals surface area contributed by atoms with Gasteiger partial charge in [0.25, 0.3) is 0 Å². The normalized spacial score (nSPS) is 14.5. The molecule has 0 aromatic carbocycles. The molecule has 4 N–H and O–H groups in total. The highest BCUT2D eigenvalue weighted by Crippen LogP contribution is 1.97. The summed E-state index contributed by atoms with van der Waals surface area (Å²) in [5, 5.41) is 7.85. The zero-order valence-corrected chi connectivity index (χ0v) is 8.34. The maximum atomic E-state index is 11.2. The van der Waals surface area contributed by atoms with Gasteiger partial charge in [-0.05, 0) is 13.8 Å². The van der Waals surface area contributed by atoms with Crippen molar-refractivity contribution in [2.24, 2.45) is 5.73 Å². The second kappa shape index (κ2) is 4.54. The van der Waals surface area contributed by atoms with Crippen molar-refractivity contribution >= 4 is 16.0 Å². The Morgan fingerprint density at radius 3 is 2.23 bits per heavy atom. The summed E-state index contributed by atoms with van der Waals surface area (Å²) in [6, 6.07) is -1.24. The van der Waals surface area contributed by atoms with E-state index in [2.05, 4.69) is 0 Å². The van der Waals surface area contributed by atoms with E-state index < -0.39 is 27.3 Å². The van der Waals surface area contributed by atoms with E-state index >= 15 is 0 Å². The van der Waals surface area contributed by atoms with Gasteiger partial charge in [-0.15, -0.1) is 0 Å². The summed E-state index contributed by atoms with van der Waals surface area (Å²) in [6.45, 7) is 2.65. The summed E-state index contributed by atoms with van der Waals surface area (Å²) in [6.07, 6.45) is 0. The van der Waals surface area contributed by atoms with E-state index in [1.165, 1.54) is 13.8 Å². The first-order valence-electron chi connectivity index (χ1n) is 3.75. The van der Waals surface area contributed by atoms with E-state index in [-0.39, 0.29) is 6.54 Å². The topological polar surface area (TPSA) is 109 Å². The number of carboxylic acid groups (broad SMARTS) is 1. The summed E-state index contributed by atoms with van der Waals surface area (Å²) in [5.74, 6) is -1.27. The van der Waals surface area contributed by atoms with E-state index in [0.717, 1.165) is 0 Å². The molecule has 0 bridgehead atoms. The van der Waals surface area contributed by atoms with Crippen molar-refractivity contribution < 1.29 is 18.3 Å². The third-order valence-corrected chi connectivity index (χ3v) is 3.32. The zero-order valence-electron chi connectivity index (χ0n) is 7.52. The van der Waals surface area contributed by atoms with Crippen LogP contribution in [0.4, 0.5) is 0 Å². The maximum Gasteiger partial charge on any atom is 0.323 e. The van der Waals surface area contributed by atoms with Crippen LogP contribution in [-0.2, 0) is 14.8 Å². The molecule has 0 aromatic rings. The van der Waals surface area contributed by atoms with Crippen LogP contribution in [0.5, 0.6) is 0 Å². The molecular weight excluding hydrogens is 196 g/mol. The number of carbonyl (C=O) groups is 1. The van der Waals surface area contributed by atoms with Crippen LogP contribution in [0, 0.1) is 0 Å². The average Bonchev–Trinajstić information content (AvgIpc) is 1.99. The third-order valence-electron chi connectivity index (χ3n) is 1.46. The Morgan fingerprint density at radius 2 is 2.00 bits per heavy atom. The lowest BCUT2D eigenvalue weighted by molar-refractivity contribution is -0.138. The molecular formula is C6H14N2O4S. The Morgan fingerprint density at radius 1 is 1.54 bits per heavy atom. The molecule has 0 aromatic heterocycles. The fourth-order valence-corrected chi connectivity index (χ4v) is 1.40. The van der Waals surface area contributed by atoms with Gasteiger partial charge in [-0.1, -0.05) is 0 Å². The van der Waals surface area contributed by atoms with Gasteiger partial charge in [-0.2, -0.15) is 4.72 Å². The largest absolute Gasteiger partial charge is 0.480 e. The SMILES string of the molecule is CC(C)S(=O)(=O)N[C@@H](CN)C(=O)O. The molecule has 0 saturated carbocycles. The van der Waals surface area contributed by atoms with Crippen LogP contribution in [0.15, 0.2) is 0 Å². The van der Waals surface area contributed by atoms with Gasteiger partial charge in [0, 0.05) is 6.54 Å². The number of carboxylic acids is 1. The van der Waals surface area contributed by atoms with Gasteiger partial charge in [0.1, 0.15) is 6.04 Å². The molecule has 0 radical (unpaired) electrons. The third kappa shape index (κ3) is 3.71. The van der Waals surface area contributed by atoms with Gasteiger partial charge in [-0.25, -0.2) is 8.42 Å². The molecule has 0 heterocycles. The standard InChI is InChI=1S/C6H14N2O4S/c1-4(2)13(11,12)8-5(3-7)6(9)10/h4-5,8H,3,7H2,1-2H3,(H,9,10)/t5-/m0/s1. The average molecular weight is 210 g/mol. The lowest BCUT2D eigenvalue weighted by atomic mass is 10.3. The summed E-state index contributed by atoms with van der Waals surface area (Å²) >= 11 is 0. The maximum absolute atomic E-state index is 11.2. The van der Waals surface area contributed by atoms with Crippen molar-refractivity contribution in [1.82, 2.24) is 4.72 Å². The van der Waals surface area contributed by atoms with E-state index in [0.29, 0.717) is 0 Å². The molecule has 0 saturated heterocycles. The molecule has 6 nitrogen and oxygen atoms in total. The second-order valence-corrected chi connectivity index (χ2v) is 5.11. The minimum atomic E-state index is -3.57. The van der Waals surface area contributed by atoms with Crippen LogP contribution in [0.3, 0.4) is 0 Å². The van der Waals surface area contributed by atoms with Crippen LogP contribution in [-0.4, -0.2) is 37.3 Å². The smallest absolute Gasteiger partial charge is 0.323 e. The molecule has 1 atom stereocenters. The monoisotopic (exact) mass is 210 g/mol. The second-order valence-electron chi connectivity index (χ2n) is 2.84. The number of nitrogens with one attached hydrogen (secondary N) is 1. The van der Waals surface area contributed by atoms with Crippen LogP contribution >= 0.6 is 0 Å². The Kier molecular flexibility index (Phi) is 4.31. The fourth-order valence-electron chi connectivity index (χ4n) is 0.534. The lowest BCUT2D eigenvalue weighted by Crippen LogP contribution is -2.47. The van der Waals surface area contributed by atoms with Crippen molar-refractivity contribution in [3.05, 3.63) is 0 Å². The number of aliphatic carboxylic acids is 1. The summed E-state index contributed by atoms with van der Waals surface area (Å²) in [4.78, 5) is 10.4. The zero-order chi connectivity index (χ0) is 10.6. The molecule has 0 fully saturated rings. The molecule has 7 heteroatoms. The van der Waals surface area contributed by atoms with Crippen molar-refractivity contribution in [3.63, 3.8) is 0 Å². The van der Waals surface area contributed by atoms with Crippen molar-refractivity contribution in [2.45, 2.75) is 25.1 Å². The Labute approximate surface area is 77.2 Å². The van der Waals surface area contributed by atoms with E-state index in [4.69, 9.17) is 10.8 Å². The Bertz CT molecular complexity index is 272. The molecule has 13 heavy (non-hydrogen) atoms. The van der Waals surface area contributed by atoms with Crippen molar-refractivity contribution in [1.29, 1.82) is 0 Å². The minimum Gasteiger partial charge on any atom is -0.480 e. The Hall–Kier alpha value is -0.660. The predicted molar refractivity (Wildman–Crippen MR) is 47.7 cm³/mol. The van der Waals surface area contributed by atoms with Crippen LogP contribution in [0.25, 0.3) is 0 Å². The Balaban J connectivity index is 4.50. The van der Waals surface area contributed by atoms with Crippen LogP contribution < -0.4 is 10.5 Å². The number of hydrogen-bond acceptors (Lipinski definition) is 4. The number of rotatable bonds is 5. The van der Waals surface area contributed by atoms with E-state index in [9.17, 15) is 13.2 Å². The molecule has 78 valence electrons. The van der Waals surface area contributed by atoms with E-state index in [1.54, 1.807) is 0 Å². The quantitative estimate of drug-likeness (QED) is 0.524. The number of nitrogens with two attached hydrogens (primary N) is 1. The first kappa shape index (κ1) is 12.3. The lowest BCUT2D eigenvalue weighted by Gasteiger charge is -2.14. The van der Waals surface area contributed by atoms with Crippen LogP contribution in [0.2, 0.25) is 0 Å². The van der Waals surface area contributed by atoms with Crippen LogP contribution in [0.1, 0.15) is 13.8 Å². The van der Waals surface area contributed by atoms with Gasteiger partial charge >= 0.3 is 5.97 Å². The fraction of sp³-hybridized carbons (Fsp3) is 0.833. The molecule has 0 amide bonds. The molecule has 0 unspecified atom stereocenters. The van der Waals surface area contributed by atoms with Gasteiger partial charge in [0.05, 0.1) is 5.25 Å². The summed E-state index contributed by atoms with van der Waals surface area (Å²) in [5.41, 5.74) is 5.07. The first-order valence-corrected chi connectivity index (χ1v) is 5.30. The van der Waals surface area contributed by atoms with Gasteiger partial charge < -0.3 is 10.8 Å². The minimum absolute atomic E-state index is 0.263. The van der Waals surface area contributed by atoms with E-state index in [1.807, 2.05) is 4.72 Å².